The Morgan fingerprint density at radius 1 is 1.16 bits per heavy atom. The number of hydrogen-bond donors (Lipinski definition) is 4. The lowest BCUT2D eigenvalue weighted by Crippen LogP contribution is -2.54. The second kappa shape index (κ2) is 9.38. The van der Waals surface area contributed by atoms with Crippen LogP contribution in [0, 0.1) is 0 Å². The van der Waals surface area contributed by atoms with E-state index in [0.717, 1.165) is 11.3 Å². The van der Waals surface area contributed by atoms with E-state index >= 15 is 0 Å². The Morgan fingerprint density at radius 3 is 2.28 bits per heavy atom. The molecule has 0 aliphatic carbocycles. The van der Waals surface area contributed by atoms with Crippen molar-refractivity contribution < 1.29 is 24.8 Å². The molecule has 1 aromatic carbocycles. The third-order valence-electron chi connectivity index (χ3n) is 4.42. The Hall–Kier alpha value is -1.34. The van der Waals surface area contributed by atoms with E-state index in [-0.39, 0.29) is 31.8 Å². The summed E-state index contributed by atoms with van der Waals surface area (Å²) in [4.78, 5) is 0. The molecule has 1 rings (SSSR count). The van der Waals surface area contributed by atoms with Gasteiger partial charge in [-0.1, -0.05) is 27.7 Å². The summed E-state index contributed by atoms with van der Waals surface area (Å²) in [6, 6.07) is 5.62. The molecule has 6 heteroatoms. The Morgan fingerprint density at radius 2 is 1.80 bits per heavy atom. The molecule has 0 heterocycles. The van der Waals surface area contributed by atoms with Crippen molar-refractivity contribution in [3.63, 3.8) is 0 Å². The van der Waals surface area contributed by atoms with Crippen LogP contribution in [0.15, 0.2) is 18.2 Å². The third-order valence-corrected chi connectivity index (χ3v) is 4.42. The minimum atomic E-state index is -0.780. The number of methoxy groups -OCH3 is 1. The Labute approximate surface area is 150 Å². The molecule has 0 amide bonds. The topological polar surface area (TPSA) is 91.2 Å². The number of hydrogen-bond acceptors (Lipinski definition) is 6. The normalized spacial score (nSPS) is 13.6. The van der Waals surface area contributed by atoms with Gasteiger partial charge >= 0.3 is 0 Å². The van der Waals surface area contributed by atoms with Gasteiger partial charge in [0.2, 0.25) is 0 Å². The maximum absolute atomic E-state index is 10.2. The first kappa shape index (κ1) is 21.7. The maximum Gasteiger partial charge on any atom is 0.123 e. The van der Waals surface area contributed by atoms with E-state index in [4.69, 9.17) is 9.47 Å². The van der Waals surface area contributed by atoms with E-state index in [1.807, 2.05) is 25.1 Å². The van der Waals surface area contributed by atoms with Crippen LogP contribution < -0.4 is 14.8 Å². The zero-order chi connectivity index (χ0) is 19.1. The fourth-order valence-corrected chi connectivity index (χ4v) is 2.44. The lowest BCUT2D eigenvalue weighted by Gasteiger charge is -2.31. The zero-order valence-electron chi connectivity index (χ0n) is 16.0. The Kier molecular flexibility index (Phi) is 8.15. The zero-order valence-corrected chi connectivity index (χ0v) is 16.0. The van der Waals surface area contributed by atoms with E-state index in [2.05, 4.69) is 26.1 Å². The summed E-state index contributed by atoms with van der Waals surface area (Å²) < 4.78 is 11.1. The highest BCUT2D eigenvalue weighted by Crippen LogP contribution is 2.34. The third kappa shape index (κ3) is 6.15. The van der Waals surface area contributed by atoms with Crippen molar-refractivity contribution in [1.82, 2.24) is 5.32 Å². The second-order valence-electron chi connectivity index (χ2n) is 7.41. The molecule has 25 heavy (non-hydrogen) atoms. The molecule has 4 N–H and O–H groups in total. The van der Waals surface area contributed by atoms with Gasteiger partial charge < -0.3 is 30.1 Å². The van der Waals surface area contributed by atoms with Gasteiger partial charge in [-0.15, -0.1) is 0 Å². The summed E-state index contributed by atoms with van der Waals surface area (Å²) in [7, 11) is 1.63. The highest BCUT2D eigenvalue weighted by molar-refractivity contribution is 5.44. The molecule has 0 aliphatic rings. The Balaban J connectivity index is 2.71. The highest BCUT2D eigenvalue weighted by atomic mass is 16.5. The first-order valence-electron chi connectivity index (χ1n) is 8.67. The van der Waals surface area contributed by atoms with Crippen LogP contribution in [0.25, 0.3) is 0 Å². The first-order chi connectivity index (χ1) is 11.7. The minimum Gasteiger partial charge on any atom is -0.497 e. The summed E-state index contributed by atoms with van der Waals surface area (Å²) in [6.07, 6.45) is -0.209. The maximum atomic E-state index is 10.2. The number of β-amino-alcohol motifs (C(OH)–C–C–N with tert-alkyl or cyclic N) is 1. The lowest BCUT2D eigenvalue weighted by atomic mass is 9.86. The molecular weight excluding hydrogens is 322 g/mol. The second-order valence-corrected chi connectivity index (χ2v) is 7.41. The molecule has 0 fully saturated rings. The molecule has 0 aromatic heterocycles. The van der Waals surface area contributed by atoms with Crippen LogP contribution in [0.2, 0.25) is 0 Å². The number of benzene rings is 1. The predicted octanol–water partition coefficient (Wildman–Crippen LogP) is 1.46. The Bertz CT molecular complexity index is 515. The van der Waals surface area contributed by atoms with E-state index in [1.54, 1.807) is 7.11 Å². The largest absolute Gasteiger partial charge is 0.497 e. The highest BCUT2D eigenvalue weighted by Gasteiger charge is 2.27. The molecular formula is C19H33NO5. The van der Waals surface area contributed by atoms with E-state index in [9.17, 15) is 15.3 Å². The van der Waals surface area contributed by atoms with Gasteiger partial charge in [0.05, 0.1) is 25.9 Å². The molecule has 0 radical (unpaired) electrons. The molecule has 1 atom stereocenters. The van der Waals surface area contributed by atoms with Crippen molar-refractivity contribution >= 4 is 0 Å². The quantitative estimate of drug-likeness (QED) is 0.508. The summed E-state index contributed by atoms with van der Waals surface area (Å²) in [6.45, 7) is 8.07. The van der Waals surface area contributed by atoms with E-state index in [0.29, 0.717) is 12.2 Å². The van der Waals surface area contributed by atoms with Gasteiger partial charge in [0.15, 0.2) is 0 Å². The monoisotopic (exact) mass is 355 g/mol. The van der Waals surface area contributed by atoms with Crippen LogP contribution >= 0.6 is 0 Å². The van der Waals surface area contributed by atoms with Gasteiger partial charge in [-0.2, -0.15) is 0 Å². The summed E-state index contributed by atoms with van der Waals surface area (Å²) >= 11 is 0. The number of ether oxygens (including phenoxy) is 2. The first-order valence-corrected chi connectivity index (χ1v) is 8.67. The average molecular weight is 355 g/mol. The fourth-order valence-electron chi connectivity index (χ4n) is 2.44. The van der Waals surface area contributed by atoms with Gasteiger partial charge in [0, 0.05) is 12.1 Å². The molecule has 0 saturated heterocycles. The lowest BCUT2D eigenvalue weighted by molar-refractivity contribution is 0.0565. The van der Waals surface area contributed by atoms with Gasteiger partial charge in [0.1, 0.15) is 24.2 Å². The van der Waals surface area contributed by atoms with E-state index < -0.39 is 11.6 Å². The molecule has 0 saturated carbocycles. The van der Waals surface area contributed by atoms with Crippen molar-refractivity contribution in [3.8, 4) is 11.5 Å². The molecule has 0 aliphatic heterocycles. The van der Waals surface area contributed by atoms with Gasteiger partial charge in [0.25, 0.3) is 0 Å². The van der Waals surface area contributed by atoms with Crippen molar-refractivity contribution in [3.05, 3.63) is 23.8 Å². The molecule has 0 unspecified atom stereocenters. The predicted molar refractivity (Wildman–Crippen MR) is 98.4 cm³/mol. The van der Waals surface area contributed by atoms with Crippen LogP contribution in [-0.4, -0.2) is 60.4 Å². The van der Waals surface area contributed by atoms with Gasteiger partial charge in [-0.3, -0.25) is 0 Å². The van der Waals surface area contributed by atoms with Crippen molar-refractivity contribution in [2.75, 3.05) is 33.5 Å². The molecule has 6 nitrogen and oxygen atoms in total. The fraction of sp³-hybridized carbons (Fsp3) is 0.684. The standard InChI is InChI=1S/C19H33NO5/c1-6-19(12-21,13-22)20-10-14(23)11-25-17-8-7-15(24-5)9-16(17)18(2,3)4/h7-9,14,20-23H,6,10-13H2,1-5H3/t14-/m0/s1. The van der Waals surface area contributed by atoms with Gasteiger partial charge in [-0.05, 0) is 30.0 Å². The smallest absolute Gasteiger partial charge is 0.123 e. The van der Waals surface area contributed by atoms with Crippen molar-refractivity contribution in [2.24, 2.45) is 0 Å². The number of aliphatic hydroxyl groups is 3. The van der Waals surface area contributed by atoms with Gasteiger partial charge in [-0.25, -0.2) is 0 Å². The molecule has 0 spiro atoms. The summed E-state index contributed by atoms with van der Waals surface area (Å²) in [5, 5.41) is 32.1. The van der Waals surface area contributed by atoms with Crippen LogP contribution in [0.4, 0.5) is 0 Å². The molecule has 0 bridgehead atoms. The van der Waals surface area contributed by atoms with Crippen LogP contribution in [0.3, 0.4) is 0 Å². The molecule has 144 valence electrons. The minimum absolute atomic E-state index is 0.110. The van der Waals surface area contributed by atoms with Crippen LogP contribution in [0.1, 0.15) is 39.7 Å². The van der Waals surface area contributed by atoms with Crippen LogP contribution in [-0.2, 0) is 5.41 Å². The molecule has 1 aromatic rings. The summed E-state index contributed by atoms with van der Waals surface area (Å²) in [5.41, 5.74) is 0.0937. The average Bonchev–Trinajstić information content (AvgIpc) is 2.60. The van der Waals surface area contributed by atoms with Crippen molar-refractivity contribution in [2.45, 2.75) is 51.2 Å². The SMILES string of the molecule is CCC(CO)(CO)NC[C@H](O)COc1ccc(OC)cc1C(C)(C)C. The number of rotatable bonds is 10. The number of aliphatic hydroxyl groups excluding tert-OH is 3. The van der Waals surface area contributed by atoms with E-state index in [1.165, 1.54) is 0 Å². The van der Waals surface area contributed by atoms with Crippen molar-refractivity contribution in [1.29, 1.82) is 0 Å². The summed E-state index contributed by atoms with van der Waals surface area (Å²) in [5.74, 6) is 1.47. The number of nitrogens with one attached hydrogen (secondary N) is 1. The van der Waals surface area contributed by atoms with Crippen LogP contribution in [0.5, 0.6) is 11.5 Å².